The molecule has 0 amide bonds. The van der Waals surface area contributed by atoms with Crippen molar-refractivity contribution in [1.82, 2.24) is 0 Å². The molecular formula is C14H19Cl. The maximum atomic E-state index is 6.46. The number of rotatable bonds is 2. The molecule has 0 heterocycles. The number of hydrogen-bond acceptors (Lipinski definition) is 0. The molecule has 1 aromatic rings. The molecule has 0 radical (unpaired) electrons. The third-order valence-corrected chi connectivity index (χ3v) is 4.36. The Morgan fingerprint density at radius 3 is 2.60 bits per heavy atom. The van der Waals surface area contributed by atoms with Gasteiger partial charge < -0.3 is 0 Å². The monoisotopic (exact) mass is 222 g/mol. The summed E-state index contributed by atoms with van der Waals surface area (Å²) in [5, 5.41) is 0.215. The molecule has 3 unspecified atom stereocenters. The minimum absolute atomic E-state index is 0.215. The fraction of sp³-hybridized carbons (Fsp3) is 0.571. The average Bonchev–Trinajstić information content (AvgIpc) is 2.45. The third kappa shape index (κ3) is 1.80. The minimum atomic E-state index is 0.215. The maximum Gasteiger partial charge on any atom is 0.0619 e. The van der Waals surface area contributed by atoms with Crippen molar-refractivity contribution in [2.75, 3.05) is 0 Å². The number of fused-ring (bicyclic) bond motifs is 1. The first-order valence-electron chi connectivity index (χ1n) is 5.92. The molecule has 2 rings (SSSR count). The summed E-state index contributed by atoms with van der Waals surface area (Å²) in [7, 11) is 0. The lowest BCUT2D eigenvalue weighted by atomic mass is 9.96. The SMILES string of the molecule is CCCc1ccc2c(c1)C(Cl)C(C)C2C. The molecule has 0 spiro atoms. The Labute approximate surface area is 97.6 Å². The molecule has 1 heteroatoms. The molecule has 0 nitrogen and oxygen atoms in total. The number of aryl methyl sites for hydroxylation is 1. The van der Waals surface area contributed by atoms with Crippen LogP contribution in [0.1, 0.15) is 55.2 Å². The highest BCUT2D eigenvalue weighted by atomic mass is 35.5. The van der Waals surface area contributed by atoms with Crippen molar-refractivity contribution < 1.29 is 0 Å². The van der Waals surface area contributed by atoms with Crippen LogP contribution in [0.5, 0.6) is 0 Å². The lowest BCUT2D eigenvalue weighted by molar-refractivity contribution is 0.519. The van der Waals surface area contributed by atoms with Crippen molar-refractivity contribution in [3.63, 3.8) is 0 Å². The lowest BCUT2D eigenvalue weighted by Gasteiger charge is -2.11. The number of alkyl halides is 1. The van der Waals surface area contributed by atoms with Gasteiger partial charge in [-0.25, -0.2) is 0 Å². The molecular weight excluding hydrogens is 204 g/mol. The number of halogens is 1. The van der Waals surface area contributed by atoms with E-state index in [1.165, 1.54) is 29.5 Å². The van der Waals surface area contributed by atoms with Crippen LogP contribution in [-0.2, 0) is 6.42 Å². The van der Waals surface area contributed by atoms with Gasteiger partial charge in [0.1, 0.15) is 0 Å². The van der Waals surface area contributed by atoms with E-state index in [2.05, 4.69) is 39.0 Å². The van der Waals surface area contributed by atoms with Crippen LogP contribution < -0.4 is 0 Å². The van der Waals surface area contributed by atoms with Gasteiger partial charge in [0.25, 0.3) is 0 Å². The predicted octanol–water partition coefficient (Wildman–Crippen LogP) is 4.67. The van der Waals surface area contributed by atoms with Crippen LogP contribution in [0.2, 0.25) is 0 Å². The van der Waals surface area contributed by atoms with E-state index in [9.17, 15) is 0 Å². The third-order valence-electron chi connectivity index (χ3n) is 3.73. The molecule has 0 saturated heterocycles. The highest BCUT2D eigenvalue weighted by molar-refractivity contribution is 6.21. The molecule has 0 fully saturated rings. The molecule has 0 aliphatic heterocycles. The van der Waals surface area contributed by atoms with Crippen LogP contribution in [0.25, 0.3) is 0 Å². The van der Waals surface area contributed by atoms with Gasteiger partial charge in [0.05, 0.1) is 5.38 Å². The Hall–Kier alpha value is -0.490. The Morgan fingerprint density at radius 2 is 1.93 bits per heavy atom. The molecule has 3 atom stereocenters. The first-order valence-corrected chi connectivity index (χ1v) is 6.35. The minimum Gasteiger partial charge on any atom is -0.117 e. The molecule has 0 bridgehead atoms. The van der Waals surface area contributed by atoms with Crippen molar-refractivity contribution in [2.24, 2.45) is 5.92 Å². The zero-order valence-corrected chi connectivity index (χ0v) is 10.5. The molecule has 15 heavy (non-hydrogen) atoms. The van der Waals surface area contributed by atoms with Gasteiger partial charge in [0, 0.05) is 0 Å². The first kappa shape index (κ1) is 11.0. The standard InChI is InChI=1S/C14H19Cl/c1-4-5-11-6-7-12-9(2)10(3)14(15)13(12)8-11/h6-10,14H,4-5H2,1-3H3. The van der Waals surface area contributed by atoms with Gasteiger partial charge in [-0.1, -0.05) is 45.4 Å². The van der Waals surface area contributed by atoms with Gasteiger partial charge in [-0.3, -0.25) is 0 Å². The molecule has 1 aromatic carbocycles. The summed E-state index contributed by atoms with van der Waals surface area (Å²) in [5.41, 5.74) is 4.27. The fourth-order valence-electron chi connectivity index (χ4n) is 2.54. The highest BCUT2D eigenvalue weighted by Gasteiger charge is 2.33. The van der Waals surface area contributed by atoms with Crippen molar-refractivity contribution in [1.29, 1.82) is 0 Å². The summed E-state index contributed by atoms with van der Waals surface area (Å²) in [6.07, 6.45) is 2.37. The van der Waals surface area contributed by atoms with E-state index >= 15 is 0 Å². The second-order valence-electron chi connectivity index (χ2n) is 4.76. The summed E-state index contributed by atoms with van der Waals surface area (Å²) in [6, 6.07) is 6.86. The van der Waals surface area contributed by atoms with E-state index in [0.717, 1.165) is 0 Å². The smallest absolute Gasteiger partial charge is 0.0619 e. The number of benzene rings is 1. The van der Waals surface area contributed by atoms with Crippen LogP contribution >= 0.6 is 11.6 Å². The van der Waals surface area contributed by atoms with Gasteiger partial charge in [-0.05, 0) is 34.9 Å². The van der Waals surface area contributed by atoms with E-state index in [1.807, 2.05) is 0 Å². The molecule has 0 N–H and O–H groups in total. The molecule has 1 aliphatic carbocycles. The Bertz CT molecular complexity index is 356. The Morgan fingerprint density at radius 1 is 1.20 bits per heavy atom. The van der Waals surface area contributed by atoms with Crippen molar-refractivity contribution in [3.8, 4) is 0 Å². The van der Waals surface area contributed by atoms with Gasteiger partial charge in [0.2, 0.25) is 0 Å². The zero-order valence-electron chi connectivity index (χ0n) is 9.76. The zero-order chi connectivity index (χ0) is 11.0. The molecule has 0 saturated carbocycles. The summed E-state index contributed by atoms with van der Waals surface area (Å²) in [4.78, 5) is 0. The number of hydrogen-bond donors (Lipinski definition) is 0. The summed E-state index contributed by atoms with van der Waals surface area (Å²) in [5.74, 6) is 1.18. The van der Waals surface area contributed by atoms with Crippen LogP contribution in [-0.4, -0.2) is 0 Å². The fourth-order valence-corrected chi connectivity index (χ4v) is 2.95. The average molecular weight is 223 g/mol. The summed E-state index contributed by atoms with van der Waals surface area (Å²) < 4.78 is 0. The molecule has 1 aliphatic rings. The van der Waals surface area contributed by atoms with Gasteiger partial charge in [-0.2, -0.15) is 0 Å². The lowest BCUT2D eigenvalue weighted by Crippen LogP contribution is -2.00. The van der Waals surface area contributed by atoms with Crippen LogP contribution in [0.15, 0.2) is 18.2 Å². The van der Waals surface area contributed by atoms with Crippen molar-refractivity contribution in [2.45, 2.75) is 44.9 Å². The van der Waals surface area contributed by atoms with E-state index in [-0.39, 0.29) is 5.38 Å². The summed E-state index contributed by atoms with van der Waals surface area (Å²) >= 11 is 6.46. The van der Waals surface area contributed by atoms with Gasteiger partial charge in [0.15, 0.2) is 0 Å². The van der Waals surface area contributed by atoms with Gasteiger partial charge in [-0.15, -0.1) is 11.6 Å². The van der Waals surface area contributed by atoms with E-state index < -0.39 is 0 Å². The van der Waals surface area contributed by atoms with Gasteiger partial charge >= 0.3 is 0 Å². The van der Waals surface area contributed by atoms with E-state index in [1.54, 1.807) is 0 Å². The predicted molar refractivity (Wildman–Crippen MR) is 66.6 cm³/mol. The second-order valence-corrected chi connectivity index (χ2v) is 5.23. The van der Waals surface area contributed by atoms with E-state index in [0.29, 0.717) is 11.8 Å². The van der Waals surface area contributed by atoms with Crippen LogP contribution in [0.3, 0.4) is 0 Å². The topological polar surface area (TPSA) is 0 Å². The van der Waals surface area contributed by atoms with Crippen LogP contribution in [0, 0.1) is 5.92 Å². The quantitative estimate of drug-likeness (QED) is 0.638. The largest absolute Gasteiger partial charge is 0.117 e. The van der Waals surface area contributed by atoms with E-state index in [4.69, 9.17) is 11.6 Å². The normalized spacial score (nSPS) is 29.2. The van der Waals surface area contributed by atoms with Crippen molar-refractivity contribution >= 4 is 11.6 Å². The maximum absolute atomic E-state index is 6.46. The second kappa shape index (κ2) is 4.17. The van der Waals surface area contributed by atoms with Crippen LogP contribution in [0.4, 0.5) is 0 Å². The highest BCUT2D eigenvalue weighted by Crippen LogP contribution is 2.48. The van der Waals surface area contributed by atoms with Crippen molar-refractivity contribution in [3.05, 3.63) is 34.9 Å². The summed E-state index contributed by atoms with van der Waals surface area (Å²) in [6.45, 7) is 6.75. The molecule has 0 aromatic heterocycles. The first-order chi connectivity index (χ1) is 7.15. The Kier molecular flexibility index (Phi) is 3.06. The molecule has 82 valence electrons. The Balaban J connectivity index is 2.38.